The van der Waals surface area contributed by atoms with Crippen molar-refractivity contribution in [3.8, 4) is 11.5 Å². The van der Waals surface area contributed by atoms with E-state index in [4.69, 9.17) is 9.47 Å². The van der Waals surface area contributed by atoms with Crippen molar-refractivity contribution in [1.82, 2.24) is 20.4 Å². The fourth-order valence-corrected chi connectivity index (χ4v) is 3.85. The second-order valence-corrected chi connectivity index (χ2v) is 7.43. The van der Waals surface area contributed by atoms with Gasteiger partial charge in [-0.05, 0) is 36.8 Å². The molecule has 3 aromatic rings. The van der Waals surface area contributed by atoms with Crippen LogP contribution in [0.5, 0.6) is 11.5 Å². The van der Waals surface area contributed by atoms with E-state index in [1.807, 2.05) is 18.2 Å². The van der Waals surface area contributed by atoms with Gasteiger partial charge in [0.15, 0.2) is 6.23 Å². The standard InChI is InChI=1S/C22H26FN4O2/c1-15(12-20-19-7-6-16(23)13-21(19)26-25-20)22(27-10-8-24-9-11-27)29-18-5-3-4-17(14-18)28-2/h3,5-7,13-15,22,24H,8-12H2,1-2H3,(H,25,26). The zero-order valence-corrected chi connectivity index (χ0v) is 16.7. The molecule has 1 aromatic heterocycles. The number of hydrogen-bond acceptors (Lipinski definition) is 5. The van der Waals surface area contributed by atoms with E-state index in [9.17, 15) is 4.39 Å². The summed E-state index contributed by atoms with van der Waals surface area (Å²) in [5.74, 6) is 1.30. The summed E-state index contributed by atoms with van der Waals surface area (Å²) in [5, 5.41) is 11.7. The number of aromatic nitrogens is 2. The van der Waals surface area contributed by atoms with Crippen LogP contribution in [0.25, 0.3) is 10.9 Å². The predicted molar refractivity (Wildman–Crippen MR) is 110 cm³/mol. The van der Waals surface area contributed by atoms with E-state index in [-0.39, 0.29) is 18.0 Å². The first-order valence-electron chi connectivity index (χ1n) is 9.93. The zero-order chi connectivity index (χ0) is 20.2. The lowest BCUT2D eigenvalue weighted by molar-refractivity contribution is -0.0208. The summed E-state index contributed by atoms with van der Waals surface area (Å²) < 4.78 is 25.2. The third-order valence-electron chi connectivity index (χ3n) is 5.34. The van der Waals surface area contributed by atoms with Crippen LogP contribution in [0.4, 0.5) is 4.39 Å². The molecule has 0 amide bonds. The minimum Gasteiger partial charge on any atom is -0.496 e. The van der Waals surface area contributed by atoms with Crippen molar-refractivity contribution in [3.05, 3.63) is 54.0 Å². The number of fused-ring (bicyclic) bond motifs is 1. The van der Waals surface area contributed by atoms with Crippen LogP contribution in [-0.4, -0.2) is 54.6 Å². The third kappa shape index (κ3) is 4.52. The molecule has 2 unspecified atom stereocenters. The number of nitrogens with one attached hydrogen (secondary N) is 2. The Hall–Kier alpha value is -2.64. The fraction of sp³-hybridized carbons (Fsp3) is 0.409. The first-order valence-corrected chi connectivity index (χ1v) is 9.93. The van der Waals surface area contributed by atoms with Gasteiger partial charge in [0.05, 0.1) is 18.3 Å². The van der Waals surface area contributed by atoms with Crippen LogP contribution in [0.15, 0.2) is 36.4 Å². The Morgan fingerprint density at radius 2 is 2.07 bits per heavy atom. The molecule has 29 heavy (non-hydrogen) atoms. The quantitative estimate of drug-likeness (QED) is 0.642. The third-order valence-corrected chi connectivity index (χ3v) is 5.34. The van der Waals surface area contributed by atoms with Crippen molar-refractivity contribution < 1.29 is 13.9 Å². The molecule has 1 saturated heterocycles. The minimum absolute atomic E-state index is 0.114. The summed E-state index contributed by atoms with van der Waals surface area (Å²) in [6.07, 6.45) is 0.604. The molecule has 1 radical (unpaired) electrons. The Bertz CT molecular complexity index is 955. The summed E-state index contributed by atoms with van der Waals surface area (Å²) in [6.45, 7) is 5.87. The molecule has 0 saturated carbocycles. The number of benzene rings is 2. The van der Waals surface area contributed by atoms with Crippen LogP contribution in [0.2, 0.25) is 0 Å². The number of ether oxygens (including phenoxy) is 2. The number of nitrogens with zero attached hydrogens (tertiary/aromatic N) is 2. The maximum absolute atomic E-state index is 13.5. The summed E-state index contributed by atoms with van der Waals surface area (Å²) >= 11 is 0. The Morgan fingerprint density at radius 3 is 2.86 bits per heavy atom. The van der Waals surface area contributed by atoms with E-state index >= 15 is 0 Å². The lowest BCUT2D eigenvalue weighted by Gasteiger charge is -2.38. The molecule has 2 aromatic carbocycles. The molecule has 2 heterocycles. The number of aromatic amines is 1. The van der Waals surface area contributed by atoms with Crippen LogP contribution >= 0.6 is 0 Å². The summed E-state index contributed by atoms with van der Waals surface area (Å²) in [5.41, 5.74) is 1.64. The van der Waals surface area contributed by atoms with Crippen molar-refractivity contribution in [2.45, 2.75) is 19.6 Å². The highest BCUT2D eigenvalue weighted by Crippen LogP contribution is 2.26. The summed E-state index contributed by atoms with van der Waals surface area (Å²) in [7, 11) is 1.62. The van der Waals surface area contributed by atoms with E-state index in [1.54, 1.807) is 13.2 Å². The number of rotatable bonds is 7. The van der Waals surface area contributed by atoms with Gasteiger partial charge >= 0.3 is 0 Å². The molecule has 0 spiro atoms. The predicted octanol–water partition coefficient (Wildman–Crippen LogP) is 3.00. The van der Waals surface area contributed by atoms with Crippen molar-refractivity contribution in [1.29, 1.82) is 0 Å². The Labute approximate surface area is 170 Å². The number of halogens is 1. The van der Waals surface area contributed by atoms with Crippen LogP contribution in [0, 0.1) is 17.8 Å². The van der Waals surface area contributed by atoms with E-state index in [2.05, 4.69) is 33.4 Å². The van der Waals surface area contributed by atoms with Gasteiger partial charge in [0, 0.05) is 49.6 Å². The SMILES string of the molecule is COc1[c]ccc(OC(C(C)Cc2n[nH]c3cc(F)ccc23)N2CCNCC2)c1. The maximum atomic E-state index is 13.5. The molecule has 0 aliphatic carbocycles. The van der Waals surface area contributed by atoms with Gasteiger partial charge in [0.1, 0.15) is 17.3 Å². The molecule has 7 heteroatoms. The zero-order valence-electron chi connectivity index (χ0n) is 16.7. The number of hydrogen-bond donors (Lipinski definition) is 2. The highest BCUT2D eigenvalue weighted by molar-refractivity contribution is 5.81. The van der Waals surface area contributed by atoms with Crippen LogP contribution in [-0.2, 0) is 6.42 Å². The van der Waals surface area contributed by atoms with Gasteiger partial charge in [-0.3, -0.25) is 10.00 Å². The monoisotopic (exact) mass is 397 g/mol. The molecular weight excluding hydrogens is 371 g/mol. The van der Waals surface area contributed by atoms with Gasteiger partial charge < -0.3 is 14.8 Å². The van der Waals surface area contributed by atoms with Gasteiger partial charge in [-0.1, -0.05) is 6.92 Å². The normalized spacial score (nSPS) is 17.2. The Kier molecular flexibility index (Phi) is 5.97. The highest BCUT2D eigenvalue weighted by Gasteiger charge is 2.29. The average molecular weight is 397 g/mol. The molecule has 1 fully saturated rings. The van der Waals surface area contributed by atoms with Crippen LogP contribution in [0.1, 0.15) is 12.6 Å². The van der Waals surface area contributed by atoms with Crippen molar-refractivity contribution in [2.24, 2.45) is 5.92 Å². The Balaban J connectivity index is 1.57. The van der Waals surface area contributed by atoms with Crippen LogP contribution < -0.4 is 14.8 Å². The van der Waals surface area contributed by atoms with Crippen molar-refractivity contribution in [2.75, 3.05) is 33.3 Å². The number of H-pyrrole nitrogens is 1. The first-order chi connectivity index (χ1) is 14.1. The molecule has 1 aliphatic heterocycles. The van der Waals surface area contributed by atoms with Gasteiger partial charge in [-0.2, -0.15) is 5.10 Å². The molecule has 2 N–H and O–H groups in total. The van der Waals surface area contributed by atoms with Gasteiger partial charge in [0.2, 0.25) is 0 Å². The van der Waals surface area contributed by atoms with Gasteiger partial charge in [-0.25, -0.2) is 4.39 Å². The first kappa shape index (κ1) is 19.7. The van der Waals surface area contributed by atoms with Crippen molar-refractivity contribution >= 4 is 10.9 Å². The smallest absolute Gasteiger partial charge is 0.155 e. The molecule has 1 aliphatic rings. The summed E-state index contributed by atoms with van der Waals surface area (Å²) in [4.78, 5) is 2.36. The molecule has 6 nitrogen and oxygen atoms in total. The molecule has 0 bridgehead atoms. The van der Waals surface area contributed by atoms with Gasteiger partial charge in [0.25, 0.3) is 0 Å². The topological polar surface area (TPSA) is 62.4 Å². The van der Waals surface area contributed by atoms with Gasteiger partial charge in [-0.15, -0.1) is 0 Å². The molecular formula is C22H26FN4O2. The van der Waals surface area contributed by atoms with E-state index < -0.39 is 0 Å². The Morgan fingerprint density at radius 1 is 1.24 bits per heavy atom. The number of piperazine rings is 1. The van der Waals surface area contributed by atoms with Crippen molar-refractivity contribution in [3.63, 3.8) is 0 Å². The summed E-state index contributed by atoms with van der Waals surface area (Å²) in [6, 6.07) is 13.3. The minimum atomic E-state index is -0.266. The highest BCUT2D eigenvalue weighted by atomic mass is 19.1. The largest absolute Gasteiger partial charge is 0.496 e. The molecule has 4 rings (SSSR count). The average Bonchev–Trinajstić information content (AvgIpc) is 3.14. The second-order valence-electron chi connectivity index (χ2n) is 7.43. The fourth-order valence-electron chi connectivity index (χ4n) is 3.85. The van der Waals surface area contributed by atoms with E-state index in [0.29, 0.717) is 5.75 Å². The molecule has 153 valence electrons. The maximum Gasteiger partial charge on any atom is 0.155 e. The second kappa shape index (κ2) is 8.80. The number of methoxy groups -OCH3 is 1. The lowest BCUT2D eigenvalue weighted by atomic mass is 10.00. The van der Waals surface area contributed by atoms with Crippen LogP contribution in [0.3, 0.4) is 0 Å². The van der Waals surface area contributed by atoms with E-state index in [1.165, 1.54) is 12.1 Å². The lowest BCUT2D eigenvalue weighted by Crippen LogP contribution is -2.53. The molecule has 2 atom stereocenters. The van der Waals surface area contributed by atoms with E-state index in [0.717, 1.165) is 54.9 Å².